The summed E-state index contributed by atoms with van der Waals surface area (Å²) in [5.41, 5.74) is 8.23. The molecule has 0 bridgehead atoms. The molecule has 0 unspecified atom stereocenters. The van der Waals surface area contributed by atoms with Crippen LogP contribution in [0.1, 0.15) is 24.6 Å². The molecular formula is C28H29ClFN7O. The van der Waals surface area contributed by atoms with Crippen LogP contribution in [0.15, 0.2) is 72.1 Å². The predicted molar refractivity (Wildman–Crippen MR) is 152 cm³/mol. The number of anilines is 4. The van der Waals surface area contributed by atoms with Crippen LogP contribution in [0.3, 0.4) is 0 Å². The van der Waals surface area contributed by atoms with E-state index in [1.807, 2.05) is 62.4 Å². The summed E-state index contributed by atoms with van der Waals surface area (Å²) in [5, 5.41) is 11.1. The normalized spacial score (nSPS) is 11.1. The van der Waals surface area contributed by atoms with E-state index in [2.05, 4.69) is 42.2 Å². The monoisotopic (exact) mass is 533 g/mol. The maximum Gasteiger partial charge on any atom is 0.245 e. The van der Waals surface area contributed by atoms with Crippen molar-refractivity contribution in [1.82, 2.24) is 15.0 Å². The second-order valence-corrected chi connectivity index (χ2v) is 8.82. The molecular weight excluding hydrogens is 505 g/mol. The van der Waals surface area contributed by atoms with Gasteiger partial charge in [-0.1, -0.05) is 42.8 Å². The molecule has 2 heterocycles. The van der Waals surface area contributed by atoms with Crippen molar-refractivity contribution in [3.05, 3.63) is 89.1 Å². The van der Waals surface area contributed by atoms with E-state index in [1.165, 1.54) is 6.21 Å². The molecule has 0 saturated carbocycles. The van der Waals surface area contributed by atoms with Crippen LogP contribution in [0.4, 0.5) is 27.5 Å². The number of nitrogens with zero attached hydrogens (tertiary/aromatic N) is 4. The second kappa shape index (κ2) is 13.5. The summed E-state index contributed by atoms with van der Waals surface area (Å²) in [5.74, 6) is -0.306. The molecule has 0 aliphatic rings. The van der Waals surface area contributed by atoms with Crippen molar-refractivity contribution < 1.29 is 9.13 Å². The number of hydrogen-bond acceptors (Lipinski definition) is 8. The molecule has 2 aromatic carbocycles. The quantitative estimate of drug-likeness (QED) is 0.106. The lowest BCUT2D eigenvalue weighted by Gasteiger charge is -2.11. The van der Waals surface area contributed by atoms with E-state index in [0.717, 1.165) is 45.7 Å². The lowest BCUT2D eigenvalue weighted by molar-refractivity contribution is 0.144. The Morgan fingerprint density at radius 3 is 2.68 bits per heavy atom. The number of ether oxygens (including phenoxy) is 1. The Kier molecular flexibility index (Phi) is 9.55. The van der Waals surface area contributed by atoms with Crippen molar-refractivity contribution in [1.29, 1.82) is 0 Å². The molecule has 0 aliphatic carbocycles. The van der Waals surface area contributed by atoms with E-state index in [9.17, 15) is 4.39 Å². The Labute approximate surface area is 226 Å². The van der Waals surface area contributed by atoms with Crippen molar-refractivity contribution in [2.75, 3.05) is 35.8 Å². The third-order valence-corrected chi connectivity index (χ3v) is 5.76. The molecule has 0 saturated heterocycles. The average Bonchev–Trinajstić information content (AvgIpc) is 2.91. The fourth-order valence-corrected chi connectivity index (χ4v) is 3.99. The van der Waals surface area contributed by atoms with E-state index >= 15 is 0 Å². The van der Waals surface area contributed by atoms with Gasteiger partial charge in [0, 0.05) is 29.4 Å². The Morgan fingerprint density at radius 2 is 1.89 bits per heavy atom. The number of benzene rings is 2. The Morgan fingerprint density at radius 1 is 1.03 bits per heavy atom. The molecule has 196 valence electrons. The summed E-state index contributed by atoms with van der Waals surface area (Å²) in [7, 11) is 0. The number of aromatic nitrogens is 3. The van der Waals surface area contributed by atoms with Gasteiger partial charge >= 0.3 is 0 Å². The summed E-state index contributed by atoms with van der Waals surface area (Å²) >= 11 is 6.44. The molecule has 8 nitrogen and oxygen atoms in total. The zero-order valence-corrected chi connectivity index (χ0v) is 22.0. The van der Waals surface area contributed by atoms with Crippen molar-refractivity contribution in [3.8, 4) is 11.1 Å². The van der Waals surface area contributed by atoms with Gasteiger partial charge in [-0.05, 0) is 54.8 Å². The molecule has 2 aromatic heterocycles. The van der Waals surface area contributed by atoms with Crippen LogP contribution in [-0.2, 0) is 4.74 Å². The standard InChI is InChI=1S/C28H29ClFN7O/c1-3-13-38-14-12-31-27-25(30)18-33-28(36-27)37-34-17-22-10-11-23(16-32-22)35-21-8-5-7-20(15-21)26-19(2)6-4-9-24(26)29/h4-11,15-18,35H,3,12-14H2,1-2H3,(H2,31,33,36,37)/b34-17+. The van der Waals surface area contributed by atoms with Gasteiger partial charge in [-0.15, -0.1) is 0 Å². The second-order valence-electron chi connectivity index (χ2n) is 8.41. The third kappa shape index (κ3) is 7.47. The van der Waals surface area contributed by atoms with Gasteiger partial charge in [0.25, 0.3) is 0 Å². The molecule has 0 fully saturated rings. The molecule has 0 amide bonds. The molecule has 10 heteroatoms. The van der Waals surface area contributed by atoms with Gasteiger partial charge in [0.05, 0.1) is 36.6 Å². The minimum Gasteiger partial charge on any atom is -0.380 e. The zero-order chi connectivity index (χ0) is 26.7. The van der Waals surface area contributed by atoms with E-state index in [-0.39, 0.29) is 11.8 Å². The summed E-state index contributed by atoms with van der Waals surface area (Å²) in [6, 6.07) is 17.7. The zero-order valence-electron chi connectivity index (χ0n) is 21.2. The van der Waals surface area contributed by atoms with Crippen LogP contribution in [-0.4, -0.2) is 40.9 Å². The van der Waals surface area contributed by atoms with Crippen LogP contribution in [0.2, 0.25) is 5.02 Å². The minimum atomic E-state index is -0.549. The smallest absolute Gasteiger partial charge is 0.245 e. The first-order chi connectivity index (χ1) is 18.5. The number of hydrazone groups is 1. The van der Waals surface area contributed by atoms with Crippen molar-refractivity contribution in [3.63, 3.8) is 0 Å². The number of hydrogen-bond donors (Lipinski definition) is 3. The van der Waals surface area contributed by atoms with Gasteiger partial charge in [0.15, 0.2) is 11.6 Å². The molecule has 0 atom stereocenters. The number of nitrogens with one attached hydrogen (secondary N) is 3. The predicted octanol–water partition coefficient (Wildman–Crippen LogP) is 6.67. The summed E-state index contributed by atoms with van der Waals surface area (Å²) < 4.78 is 19.3. The number of aryl methyl sites for hydroxylation is 1. The largest absolute Gasteiger partial charge is 0.380 e. The third-order valence-electron chi connectivity index (χ3n) is 5.44. The molecule has 0 spiro atoms. The number of halogens is 2. The van der Waals surface area contributed by atoms with Gasteiger partial charge in [0.1, 0.15) is 0 Å². The highest BCUT2D eigenvalue weighted by molar-refractivity contribution is 6.33. The van der Waals surface area contributed by atoms with E-state index < -0.39 is 5.82 Å². The molecule has 38 heavy (non-hydrogen) atoms. The molecule has 0 aliphatic heterocycles. The van der Waals surface area contributed by atoms with Crippen LogP contribution < -0.4 is 16.1 Å². The highest BCUT2D eigenvalue weighted by atomic mass is 35.5. The van der Waals surface area contributed by atoms with Crippen LogP contribution in [0.25, 0.3) is 11.1 Å². The maximum absolute atomic E-state index is 14.0. The first-order valence-electron chi connectivity index (χ1n) is 12.3. The first kappa shape index (κ1) is 27.0. The van der Waals surface area contributed by atoms with Crippen LogP contribution in [0.5, 0.6) is 0 Å². The van der Waals surface area contributed by atoms with Gasteiger partial charge in [-0.3, -0.25) is 4.98 Å². The lowest BCUT2D eigenvalue weighted by Crippen LogP contribution is -2.13. The van der Waals surface area contributed by atoms with E-state index in [4.69, 9.17) is 16.3 Å². The molecule has 4 rings (SSSR count). The number of rotatable bonds is 12. The van der Waals surface area contributed by atoms with E-state index in [1.54, 1.807) is 6.20 Å². The fourth-order valence-electron chi connectivity index (χ4n) is 3.66. The topological polar surface area (TPSA) is 96.3 Å². The highest BCUT2D eigenvalue weighted by Crippen LogP contribution is 2.33. The first-order valence-corrected chi connectivity index (χ1v) is 12.6. The minimum absolute atomic E-state index is 0.0834. The van der Waals surface area contributed by atoms with E-state index in [0.29, 0.717) is 25.5 Å². The van der Waals surface area contributed by atoms with Gasteiger partial charge in [-0.2, -0.15) is 10.1 Å². The van der Waals surface area contributed by atoms with Gasteiger partial charge < -0.3 is 15.4 Å². The molecule has 3 N–H and O–H groups in total. The Bertz CT molecular complexity index is 1360. The highest BCUT2D eigenvalue weighted by Gasteiger charge is 2.08. The SMILES string of the molecule is CCCOCCNc1nc(N/N=C/c2ccc(Nc3cccc(-c4c(C)cccc4Cl)c3)cn2)ncc1F. The van der Waals surface area contributed by atoms with Crippen LogP contribution in [0, 0.1) is 12.7 Å². The fraction of sp³-hybridized carbons (Fsp3) is 0.214. The van der Waals surface area contributed by atoms with Gasteiger partial charge in [-0.25, -0.2) is 14.8 Å². The maximum atomic E-state index is 14.0. The van der Waals surface area contributed by atoms with Crippen molar-refractivity contribution in [2.24, 2.45) is 5.10 Å². The Hall–Kier alpha value is -4.08. The number of pyridine rings is 1. The van der Waals surface area contributed by atoms with Crippen molar-refractivity contribution >= 4 is 41.0 Å². The Balaban J connectivity index is 1.34. The van der Waals surface area contributed by atoms with Crippen molar-refractivity contribution in [2.45, 2.75) is 20.3 Å². The van der Waals surface area contributed by atoms with Gasteiger partial charge in [0.2, 0.25) is 5.95 Å². The average molecular weight is 534 g/mol. The lowest BCUT2D eigenvalue weighted by atomic mass is 10.00. The summed E-state index contributed by atoms with van der Waals surface area (Å²) in [4.78, 5) is 12.4. The van der Waals surface area contributed by atoms with Crippen LogP contribution >= 0.6 is 11.6 Å². The molecule has 0 radical (unpaired) electrons. The summed E-state index contributed by atoms with van der Waals surface area (Å²) in [6.45, 7) is 5.63. The summed E-state index contributed by atoms with van der Waals surface area (Å²) in [6.07, 6.45) is 5.26. The molecule has 4 aromatic rings.